The second kappa shape index (κ2) is 14.0. The van der Waals surface area contributed by atoms with Gasteiger partial charge in [-0.3, -0.25) is 14.5 Å². The van der Waals surface area contributed by atoms with Crippen molar-refractivity contribution in [3.05, 3.63) is 52.6 Å². The standard InChI is InChI=1S/C31H33FN8O7S3/c1-31(2,29(45)46)47-37-22(18-14-50-30(33)35-18)25(41)36-23-26(42)40-24(28(43)44)15(13-49-27(23)40)12-48-21-4-7-38(3)19-11-20(17(32)10-16(19)21)39-8-5-34-6-9-39/h4,7,10-11,14,23,27,34H,5-6,8-9,12-13H2,1-3H3,(H4-,33,35,36,41,43,44,45,46)/b37-22-/t23?,27-/m1/s1. The van der Waals surface area contributed by atoms with E-state index in [1.54, 1.807) is 0 Å². The van der Waals surface area contributed by atoms with Crippen molar-refractivity contribution >= 4 is 86.0 Å². The summed E-state index contributed by atoms with van der Waals surface area (Å²) in [7, 11) is 1.88. The highest BCUT2D eigenvalue weighted by atomic mass is 32.2. The van der Waals surface area contributed by atoms with Crippen molar-refractivity contribution < 1.29 is 43.2 Å². The number of aliphatic carboxylic acids is 2. The number of nitrogens with zero attached hydrogens (tertiary/aromatic N) is 5. The molecule has 0 aliphatic carbocycles. The second-order valence-corrected chi connectivity index (χ2v) is 15.2. The summed E-state index contributed by atoms with van der Waals surface area (Å²) in [6.07, 6.45) is 1.86. The number of rotatable bonds is 11. The minimum Gasteiger partial charge on any atom is -0.543 e. The zero-order valence-corrected chi connectivity index (χ0v) is 29.5. The number of thioether (sulfide) groups is 2. The second-order valence-electron chi connectivity index (χ2n) is 12.2. The maximum Gasteiger partial charge on any atom is 0.350 e. The molecule has 15 nitrogen and oxygen atoms in total. The first-order chi connectivity index (χ1) is 23.8. The van der Waals surface area contributed by atoms with Crippen LogP contribution in [-0.4, -0.2) is 99.2 Å². The van der Waals surface area contributed by atoms with E-state index in [9.17, 15) is 29.4 Å². The number of nitrogens with one attached hydrogen (secondary N) is 2. The number of nitrogen functional groups attached to an aromatic ring is 1. The molecule has 3 aliphatic rings. The molecule has 2 fully saturated rings. The number of pyridine rings is 1. The highest BCUT2D eigenvalue weighted by Crippen LogP contribution is 2.42. The molecule has 0 saturated carbocycles. The Bertz CT molecular complexity index is 1960. The zero-order valence-electron chi connectivity index (χ0n) is 27.1. The Morgan fingerprint density at radius 3 is 2.72 bits per heavy atom. The molecule has 2 atom stereocenters. The molecule has 2 aromatic heterocycles. The molecule has 50 heavy (non-hydrogen) atoms. The van der Waals surface area contributed by atoms with Crippen LogP contribution in [0.25, 0.3) is 10.9 Å². The van der Waals surface area contributed by atoms with Gasteiger partial charge in [0.2, 0.25) is 11.1 Å². The molecule has 1 aromatic carbocycles. The SMILES string of the molecule is C[n+]1ccc(SCC2=C(C(=O)[O-])N3C(=O)C(NC(=O)/C(=N\OC(C)(C)C(=O)O)c4csc(N)n4)[C@H]3SC2)c2cc(F)c(N3CCNCC3)cc21. The lowest BCUT2D eigenvalue weighted by Gasteiger charge is -2.50. The predicted octanol–water partition coefficient (Wildman–Crippen LogP) is 0.0318. The average Bonchev–Trinajstić information content (AvgIpc) is 3.51. The van der Waals surface area contributed by atoms with Crippen LogP contribution in [0.4, 0.5) is 15.2 Å². The minimum absolute atomic E-state index is 0.00248. The summed E-state index contributed by atoms with van der Waals surface area (Å²) in [4.78, 5) is 63.7. The summed E-state index contributed by atoms with van der Waals surface area (Å²) in [6.45, 7) is 5.38. The molecule has 6 rings (SSSR count). The van der Waals surface area contributed by atoms with Gasteiger partial charge in [-0.2, -0.15) is 0 Å². The molecule has 264 valence electrons. The summed E-state index contributed by atoms with van der Waals surface area (Å²) < 4.78 is 17.3. The summed E-state index contributed by atoms with van der Waals surface area (Å²) in [5.41, 5.74) is 5.03. The molecular weight excluding hydrogens is 712 g/mol. The van der Waals surface area contributed by atoms with Crippen LogP contribution in [0, 0.1) is 5.82 Å². The van der Waals surface area contributed by atoms with Crippen LogP contribution < -0.4 is 30.9 Å². The van der Waals surface area contributed by atoms with Crippen molar-refractivity contribution in [2.24, 2.45) is 12.2 Å². The summed E-state index contributed by atoms with van der Waals surface area (Å²) in [5, 5.41) is 32.8. The fraction of sp³-hybridized carbons (Fsp3) is 0.387. The average molecular weight is 745 g/mol. The molecule has 0 bridgehead atoms. The molecule has 19 heteroatoms. The predicted molar refractivity (Wildman–Crippen MR) is 184 cm³/mol. The number of carboxylic acid groups (broad SMARTS) is 2. The quantitative estimate of drug-likeness (QED) is 0.0674. The van der Waals surface area contributed by atoms with Gasteiger partial charge in [-0.25, -0.2) is 18.7 Å². The number of anilines is 2. The van der Waals surface area contributed by atoms with Crippen LogP contribution >= 0.6 is 34.9 Å². The lowest BCUT2D eigenvalue weighted by molar-refractivity contribution is -0.645. The number of thiazole rings is 1. The molecular formula is C31H33FN8O7S3. The maximum atomic E-state index is 15.4. The number of amides is 2. The fourth-order valence-corrected chi connectivity index (χ4v) is 8.69. The van der Waals surface area contributed by atoms with Gasteiger partial charge in [-0.05, 0) is 25.5 Å². The maximum absolute atomic E-state index is 15.4. The lowest BCUT2D eigenvalue weighted by atomic mass is 10.0. The van der Waals surface area contributed by atoms with Crippen molar-refractivity contribution in [2.45, 2.75) is 35.8 Å². The van der Waals surface area contributed by atoms with Crippen molar-refractivity contribution in [3.63, 3.8) is 0 Å². The van der Waals surface area contributed by atoms with Crippen molar-refractivity contribution in [2.75, 3.05) is 48.3 Å². The largest absolute Gasteiger partial charge is 0.543 e. The van der Waals surface area contributed by atoms with Crippen LogP contribution in [0.2, 0.25) is 0 Å². The van der Waals surface area contributed by atoms with Gasteiger partial charge in [-0.1, -0.05) is 5.16 Å². The molecule has 5 N–H and O–H groups in total. The fourth-order valence-electron chi connectivity index (χ4n) is 5.62. The van der Waals surface area contributed by atoms with Crippen molar-refractivity contribution in [3.8, 4) is 0 Å². The number of halogens is 1. The Morgan fingerprint density at radius 1 is 1.32 bits per heavy atom. The molecule has 2 amide bonds. The van der Waals surface area contributed by atoms with E-state index in [1.165, 1.54) is 48.8 Å². The number of piperazine rings is 1. The van der Waals surface area contributed by atoms with E-state index in [0.29, 0.717) is 29.7 Å². The number of carbonyl (C=O) groups is 4. The highest BCUT2D eigenvalue weighted by Gasteiger charge is 2.53. The molecule has 3 aromatic rings. The topological polar surface area (TPSA) is 206 Å². The van der Waals surface area contributed by atoms with Gasteiger partial charge in [0.1, 0.15) is 30.0 Å². The van der Waals surface area contributed by atoms with Crippen LogP contribution in [0.5, 0.6) is 0 Å². The third-order valence-electron chi connectivity index (χ3n) is 8.41. The van der Waals surface area contributed by atoms with Crippen molar-refractivity contribution in [1.82, 2.24) is 20.5 Å². The Morgan fingerprint density at radius 2 is 2.06 bits per heavy atom. The van der Waals surface area contributed by atoms with Crippen molar-refractivity contribution in [1.29, 1.82) is 0 Å². The minimum atomic E-state index is -1.79. The molecule has 1 unspecified atom stereocenters. The molecule has 3 aliphatic heterocycles. The zero-order chi connectivity index (χ0) is 35.9. The molecule has 0 spiro atoms. The Balaban J connectivity index is 1.20. The number of benzene rings is 1. The summed E-state index contributed by atoms with van der Waals surface area (Å²) in [5.74, 6) is -4.39. The van der Waals surface area contributed by atoms with Gasteiger partial charge in [0.25, 0.3) is 11.8 Å². The van der Waals surface area contributed by atoms with Crippen LogP contribution in [0.3, 0.4) is 0 Å². The van der Waals surface area contributed by atoms with E-state index < -0.39 is 46.5 Å². The molecule has 5 heterocycles. The molecule has 0 radical (unpaired) electrons. The highest BCUT2D eigenvalue weighted by molar-refractivity contribution is 8.01. The van der Waals surface area contributed by atoms with Gasteiger partial charge in [0.15, 0.2) is 17.0 Å². The first-order valence-electron chi connectivity index (χ1n) is 15.4. The van der Waals surface area contributed by atoms with E-state index in [1.807, 2.05) is 34.8 Å². The van der Waals surface area contributed by atoms with E-state index in [4.69, 9.17) is 10.6 Å². The number of oxime groups is 1. The van der Waals surface area contributed by atoms with Gasteiger partial charge < -0.3 is 41.1 Å². The number of fused-ring (bicyclic) bond motifs is 2. The number of aryl methyl sites for hydroxylation is 1. The van der Waals surface area contributed by atoms with E-state index >= 15 is 4.39 Å². The number of nitrogens with two attached hydrogens (primary N) is 1. The smallest absolute Gasteiger partial charge is 0.350 e. The third kappa shape index (κ3) is 6.81. The van der Waals surface area contributed by atoms with Crippen LogP contribution in [-0.2, 0) is 31.1 Å². The van der Waals surface area contributed by atoms with E-state index in [0.717, 1.165) is 39.7 Å². The first-order valence-corrected chi connectivity index (χ1v) is 18.3. The number of carboxylic acids is 2. The normalized spacial score (nSPS) is 19.7. The third-order valence-corrected chi connectivity index (χ3v) is 11.6. The van der Waals surface area contributed by atoms with Gasteiger partial charge in [-0.15, -0.1) is 34.9 Å². The number of carbonyl (C=O) groups excluding carboxylic acids is 3. The Hall–Kier alpha value is -4.46. The van der Waals surface area contributed by atoms with E-state index in [2.05, 4.69) is 20.8 Å². The van der Waals surface area contributed by atoms with Gasteiger partial charge >= 0.3 is 5.97 Å². The monoisotopic (exact) mass is 744 g/mol. The number of hydrogen-bond donors (Lipinski definition) is 4. The van der Waals surface area contributed by atoms with E-state index in [-0.39, 0.29) is 33.8 Å². The number of aromatic nitrogens is 2. The van der Waals surface area contributed by atoms with Gasteiger partial charge in [0, 0.05) is 60.1 Å². The number of β-lactam (4-membered cyclic amide) rings is 1. The van der Waals surface area contributed by atoms with Crippen LogP contribution in [0.15, 0.2) is 51.1 Å². The number of hydrogen-bond acceptors (Lipinski definition) is 14. The lowest BCUT2D eigenvalue weighted by Crippen LogP contribution is -2.71. The van der Waals surface area contributed by atoms with Gasteiger partial charge in [0.05, 0.1) is 22.7 Å². The Labute approximate surface area is 297 Å². The summed E-state index contributed by atoms with van der Waals surface area (Å²) in [6, 6.07) is 4.05. The Kier molecular flexibility index (Phi) is 9.93. The van der Waals surface area contributed by atoms with Crippen LogP contribution in [0.1, 0.15) is 19.5 Å². The summed E-state index contributed by atoms with van der Waals surface area (Å²) >= 11 is 3.60. The molecule has 2 saturated heterocycles. The first kappa shape index (κ1) is 35.4.